The highest BCUT2D eigenvalue weighted by Gasteiger charge is 2.17. The molecule has 0 saturated heterocycles. The van der Waals surface area contributed by atoms with Crippen LogP contribution in [0, 0.1) is 0 Å². The number of nitrogens with zero attached hydrogens (tertiary/aromatic N) is 1. The number of aryl methyl sites for hydroxylation is 2. The maximum Gasteiger partial charge on any atom is 0.347 e. The molecule has 1 heterocycles. The number of hydrogen-bond donors (Lipinski definition) is 0. The van der Waals surface area contributed by atoms with Crippen molar-refractivity contribution in [3.63, 3.8) is 0 Å². The Balaban J connectivity index is 2.73. The van der Waals surface area contributed by atoms with E-state index in [2.05, 4.69) is 24.5 Å². The van der Waals surface area contributed by atoms with Crippen LogP contribution < -0.4 is 4.57 Å². The first-order valence-corrected chi connectivity index (χ1v) is 4.77. The molecule has 0 atom stereocenters. The summed E-state index contributed by atoms with van der Waals surface area (Å²) in [5, 5.41) is 0. The fourth-order valence-corrected chi connectivity index (χ4v) is 1.69. The Morgan fingerprint density at radius 3 is 2.69 bits per heavy atom. The van der Waals surface area contributed by atoms with Crippen LogP contribution in [-0.4, -0.2) is 0 Å². The first-order chi connectivity index (χ1) is 6.36. The van der Waals surface area contributed by atoms with E-state index in [4.69, 9.17) is 4.42 Å². The van der Waals surface area contributed by atoms with E-state index in [0.717, 1.165) is 24.4 Å². The third kappa shape index (κ3) is 1.22. The molecule has 68 valence electrons. The maximum atomic E-state index is 5.70. The third-order valence-electron chi connectivity index (χ3n) is 2.30. The fourth-order valence-electron chi connectivity index (χ4n) is 1.69. The largest absolute Gasteiger partial charge is 0.401 e. The van der Waals surface area contributed by atoms with Crippen LogP contribution >= 0.6 is 0 Å². The third-order valence-corrected chi connectivity index (χ3v) is 2.30. The van der Waals surface area contributed by atoms with Gasteiger partial charge in [-0.1, -0.05) is 19.1 Å². The van der Waals surface area contributed by atoms with Gasteiger partial charge in [0.05, 0.1) is 6.42 Å². The SMILES string of the molecule is CCc1oc2ccccc2[n+]1CC. The number of oxazole rings is 1. The van der Waals surface area contributed by atoms with Crippen molar-refractivity contribution < 1.29 is 8.98 Å². The summed E-state index contributed by atoms with van der Waals surface area (Å²) < 4.78 is 7.92. The fraction of sp³-hybridized carbons (Fsp3) is 0.364. The number of hydrogen-bond acceptors (Lipinski definition) is 1. The molecule has 0 aliphatic carbocycles. The van der Waals surface area contributed by atoms with E-state index in [9.17, 15) is 0 Å². The summed E-state index contributed by atoms with van der Waals surface area (Å²) in [7, 11) is 0. The van der Waals surface area contributed by atoms with Gasteiger partial charge < -0.3 is 4.42 Å². The second-order valence-electron chi connectivity index (χ2n) is 3.06. The van der Waals surface area contributed by atoms with E-state index in [1.807, 2.05) is 18.2 Å². The Labute approximate surface area is 77.8 Å². The molecule has 0 spiro atoms. The van der Waals surface area contributed by atoms with Crippen molar-refractivity contribution in [3.05, 3.63) is 30.2 Å². The van der Waals surface area contributed by atoms with Crippen molar-refractivity contribution in [1.29, 1.82) is 0 Å². The minimum absolute atomic E-state index is 0.947. The van der Waals surface area contributed by atoms with Crippen LogP contribution in [-0.2, 0) is 13.0 Å². The quantitative estimate of drug-likeness (QED) is 0.642. The Morgan fingerprint density at radius 2 is 2.00 bits per heavy atom. The van der Waals surface area contributed by atoms with Gasteiger partial charge in [0, 0.05) is 6.07 Å². The molecule has 0 saturated carbocycles. The summed E-state index contributed by atoms with van der Waals surface area (Å²) in [6, 6.07) is 8.16. The summed E-state index contributed by atoms with van der Waals surface area (Å²) in [6.07, 6.45) is 0.947. The molecule has 0 aliphatic rings. The molecular formula is C11H14NO+. The molecule has 1 aromatic carbocycles. The number of para-hydroxylation sites is 2. The van der Waals surface area contributed by atoms with E-state index < -0.39 is 0 Å². The zero-order valence-corrected chi connectivity index (χ0v) is 8.08. The van der Waals surface area contributed by atoms with Crippen LogP contribution in [0.3, 0.4) is 0 Å². The lowest BCUT2D eigenvalue weighted by molar-refractivity contribution is -0.680. The van der Waals surface area contributed by atoms with E-state index in [1.54, 1.807) is 0 Å². The predicted octanol–water partition coefficient (Wildman–Crippen LogP) is 2.30. The standard InChI is InChI=1S/C11H14NO/c1-3-11-12(4-2)9-7-5-6-8-10(9)13-11/h5-8H,3-4H2,1-2H3/q+1. The second kappa shape index (κ2) is 3.21. The monoisotopic (exact) mass is 176 g/mol. The second-order valence-corrected chi connectivity index (χ2v) is 3.06. The predicted molar refractivity (Wildman–Crippen MR) is 51.5 cm³/mol. The summed E-state index contributed by atoms with van der Waals surface area (Å²) in [5.41, 5.74) is 2.18. The summed E-state index contributed by atoms with van der Waals surface area (Å²) in [6.45, 7) is 5.23. The van der Waals surface area contributed by atoms with E-state index >= 15 is 0 Å². The summed E-state index contributed by atoms with van der Waals surface area (Å²) in [4.78, 5) is 0. The smallest absolute Gasteiger partial charge is 0.347 e. The molecule has 2 rings (SSSR count). The highest BCUT2D eigenvalue weighted by molar-refractivity contribution is 5.68. The number of benzene rings is 1. The highest BCUT2D eigenvalue weighted by Crippen LogP contribution is 2.13. The summed E-state index contributed by atoms with van der Waals surface area (Å²) >= 11 is 0. The maximum absolute atomic E-state index is 5.70. The molecule has 0 amide bonds. The van der Waals surface area contributed by atoms with Gasteiger partial charge in [-0.05, 0) is 13.0 Å². The van der Waals surface area contributed by atoms with Crippen LogP contribution in [0.1, 0.15) is 19.7 Å². The molecule has 1 aromatic heterocycles. The van der Waals surface area contributed by atoms with Gasteiger partial charge in [0.15, 0.2) is 0 Å². The molecular weight excluding hydrogens is 162 g/mol. The molecule has 2 aromatic rings. The molecule has 2 heteroatoms. The van der Waals surface area contributed by atoms with Gasteiger partial charge in [0.1, 0.15) is 6.54 Å². The molecule has 0 fully saturated rings. The lowest BCUT2D eigenvalue weighted by Crippen LogP contribution is -2.34. The van der Waals surface area contributed by atoms with Gasteiger partial charge in [-0.2, -0.15) is 4.57 Å². The van der Waals surface area contributed by atoms with E-state index in [0.29, 0.717) is 0 Å². The van der Waals surface area contributed by atoms with Crippen molar-refractivity contribution in [2.45, 2.75) is 26.8 Å². The normalized spacial score (nSPS) is 10.9. The molecule has 0 aliphatic heterocycles. The molecule has 13 heavy (non-hydrogen) atoms. The minimum atomic E-state index is 0.947. The molecule has 0 radical (unpaired) electrons. The van der Waals surface area contributed by atoms with Crippen LogP contribution in [0.2, 0.25) is 0 Å². The Bertz CT molecular complexity index is 417. The highest BCUT2D eigenvalue weighted by atomic mass is 16.4. The Morgan fingerprint density at radius 1 is 1.23 bits per heavy atom. The van der Waals surface area contributed by atoms with E-state index in [-0.39, 0.29) is 0 Å². The van der Waals surface area contributed by atoms with Crippen LogP contribution in [0.4, 0.5) is 0 Å². The average Bonchev–Trinajstić information content (AvgIpc) is 2.55. The van der Waals surface area contributed by atoms with Crippen molar-refractivity contribution in [2.24, 2.45) is 0 Å². The molecule has 0 N–H and O–H groups in total. The molecule has 0 bridgehead atoms. The number of fused-ring (bicyclic) bond motifs is 1. The van der Waals surface area contributed by atoms with Crippen molar-refractivity contribution >= 4 is 11.1 Å². The Kier molecular flexibility index (Phi) is 2.05. The zero-order valence-electron chi connectivity index (χ0n) is 8.08. The lowest BCUT2D eigenvalue weighted by atomic mass is 10.3. The van der Waals surface area contributed by atoms with Gasteiger partial charge >= 0.3 is 5.89 Å². The topological polar surface area (TPSA) is 17.0 Å². The van der Waals surface area contributed by atoms with Crippen LogP contribution in [0.15, 0.2) is 28.7 Å². The van der Waals surface area contributed by atoms with Crippen molar-refractivity contribution in [1.82, 2.24) is 0 Å². The number of aromatic nitrogens is 1. The van der Waals surface area contributed by atoms with Crippen molar-refractivity contribution in [2.75, 3.05) is 0 Å². The van der Waals surface area contributed by atoms with Gasteiger partial charge in [0.25, 0.3) is 5.52 Å². The van der Waals surface area contributed by atoms with Gasteiger partial charge in [-0.15, -0.1) is 0 Å². The zero-order chi connectivity index (χ0) is 9.26. The minimum Gasteiger partial charge on any atom is -0.401 e. The van der Waals surface area contributed by atoms with Gasteiger partial charge in [-0.3, -0.25) is 0 Å². The van der Waals surface area contributed by atoms with Gasteiger partial charge in [0.2, 0.25) is 5.58 Å². The first-order valence-electron chi connectivity index (χ1n) is 4.77. The van der Waals surface area contributed by atoms with Crippen LogP contribution in [0.25, 0.3) is 11.1 Å². The average molecular weight is 176 g/mol. The first kappa shape index (κ1) is 8.30. The van der Waals surface area contributed by atoms with Crippen molar-refractivity contribution in [3.8, 4) is 0 Å². The lowest BCUT2D eigenvalue weighted by Gasteiger charge is -1.88. The Hall–Kier alpha value is -1.31. The van der Waals surface area contributed by atoms with Crippen LogP contribution in [0.5, 0.6) is 0 Å². The summed E-state index contributed by atoms with van der Waals surface area (Å²) in [5.74, 6) is 1.06. The number of rotatable bonds is 2. The molecule has 0 unspecified atom stereocenters. The molecule has 2 nitrogen and oxygen atoms in total. The van der Waals surface area contributed by atoms with Gasteiger partial charge in [-0.25, -0.2) is 0 Å². The van der Waals surface area contributed by atoms with E-state index in [1.165, 1.54) is 5.52 Å².